The number of carbonyl (C=O) groups is 4. The van der Waals surface area contributed by atoms with Crippen LogP contribution in [0.2, 0.25) is 0 Å². The first-order valence-electron chi connectivity index (χ1n) is 26.7. The largest absolute Gasteiger partial charge is 0.494 e. The average molecular weight is 1060 g/mol. The van der Waals surface area contributed by atoms with Crippen molar-refractivity contribution in [1.29, 1.82) is 0 Å². The predicted octanol–water partition coefficient (Wildman–Crippen LogP) is 8.27. The lowest BCUT2D eigenvalue weighted by molar-refractivity contribution is -0.144. The Balaban J connectivity index is 0.874. The molecule has 76 heavy (non-hydrogen) atoms. The molecule has 5 aromatic rings. The van der Waals surface area contributed by atoms with Crippen molar-refractivity contribution in [3.8, 4) is 27.3 Å². The molecular weight excluding hydrogens is 983 g/mol. The van der Waals surface area contributed by atoms with Crippen LogP contribution in [0, 0.1) is 33.1 Å². The van der Waals surface area contributed by atoms with Crippen LogP contribution in [0.3, 0.4) is 0 Å². The summed E-state index contributed by atoms with van der Waals surface area (Å²) >= 11 is 1.57. The minimum atomic E-state index is -0.962. The first-order valence-corrected chi connectivity index (χ1v) is 27.6. The number of unbranched alkanes of at least 4 members (excludes halogenated alkanes) is 2. The third-order valence-electron chi connectivity index (χ3n) is 14.5. The zero-order valence-corrected chi connectivity index (χ0v) is 46.5. The highest BCUT2D eigenvalue weighted by atomic mass is 32.1. The van der Waals surface area contributed by atoms with Gasteiger partial charge in [0.25, 0.3) is 11.5 Å². The minimum Gasteiger partial charge on any atom is -0.494 e. The second-order valence-corrected chi connectivity index (χ2v) is 22.1. The summed E-state index contributed by atoms with van der Waals surface area (Å²) in [5.41, 5.74) is 10.2. The summed E-state index contributed by atoms with van der Waals surface area (Å²) in [6.45, 7) is 20.1. The van der Waals surface area contributed by atoms with Crippen molar-refractivity contribution >= 4 is 40.7 Å². The summed E-state index contributed by atoms with van der Waals surface area (Å²) in [6.07, 6.45) is 3.27. The highest BCUT2D eigenvalue weighted by Crippen LogP contribution is 2.35. The van der Waals surface area contributed by atoms with Gasteiger partial charge in [0.05, 0.1) is 34.8 Å². The van der Waals surface area contributed by atoms with E-state index in [0.29, 0.717) is 44.0 Å². The number of β-amino-alcohol motifs (C(OH)–C–C–N with tert-alkyl or cyclic N) is 1. The molecule has 2 aliphatic heterocycles. The van der Waals surface area contributed by atoms with Crippen molar-refractivity contribution in [3.05, 3.63) is 122 Å². The molecule has 4 amide bonds. The summed E-state index contributed by atoms with van der Waals surface area (Å²) in [5, 5.41) is 19.6. The fourth-order valence-electron chi connectivity index (χ4n) is 10.2. The van der Waals surface area contributed by atoms with E-state index in [0.717, 1.165) is 93.3 Å². The van der Waals surface area contributed by atoms with Crippen LogP contribution in [-0.4, -0.2) is 114 Å². The normalized spacial score (nSPS) is 16.7. The van der Waals surface area contributed by atoms with E-state index in [1.807, 2.05) is 122 Å². The van der Waals surface area contributed by atoms with Gasteiger partial charge in [-0.2, -0.15) is 0 Å². The van der Waals surface area contributed by atoms with Crippen LogP contribution in [0.4, 0.5) is 5.69 Å². The number of aliphatic hydroxyl groups is 1. The molecule has 3 aromatic carbocycles. The molecule has 7 rings (SSSR count). The number of pyridine rings is 1. The summed E-state index contributed by atoms with van der Waals surface area (Å²) < 4.78 is 17.5. The highest BCUT2D eigenvalue weighted by molar-refractivity contribution is 7.13. The van der Waals surface area contributed by atoms with Crippen LogP contribution in [0.15, 0.2) is 77.0 Å². The first kappa shape index (κ1) is 57.3. The van der Waals surface area contributed by atoms with Gasteiger partial charge >= 0.3 is 0 Å². The number of aromatic nitrogens is 2. The highest BCUT2D eigenvalue weighted by Gasteiger charge is 2.45. The smallest absolute Gasteiger partial charge is 0.253 e. The van der Waals surface area contributed by atoms with E-state index in [2.05, 4.69) is 43.8 Å². The number of hydrogen-bond donors (Lipinski definition) is 5. The molecule has 4 heterocycles. The van der Waals surface area contributed by atoms with Crippen LogP contribution >= 0.6 is 11.3 Å². The zero-order valence-electron chi connectivity index (χ0n) is 45.7. The lowest BCUT2D eigenvalue weighted by Crippen LogP contribution is -2.58. The van der Waals surface area contributed by atoms with Gasteiger partial charge in [0.15, 0.2) is 0 Å². The van der Waals surface area contributed by atoms with Crippen LogP contribution < -0.4 is 31.1 Å². The first-order chi connectivity index (χ1) is 36.3. The van der Waals surface area contributed by atoms with Gasteiger partial charge in [-0.3, -0.25) is 24.0 Å². The Labute approximate surface area is 451 Å². The van der Waals surface area contributed by atoms with Crippen molar-refractivity contribution in [3.63, 3.8) is 0 Å². The molecule has 2 saturated heterocycles. The standard InChI is InChI=1S/C59H77N7O9S/c1-10-65(45-22-26-73-27-23-45)50-30-44(29-48(38(50)4)55(69)60-32-49-36(2)28-37(3)62-56(49)70)42-18-20-47(21-19-42)75-25-13-11-12-24-74-34-52(68)64-54(59(7,8)9)58(72)66-33-46(67)31-51(66)57(71)63-39(5)41-14-16-43(17-15-41)53-40(6)61-35-76-53/h14-21,28-30,35,39,45-46,51,54,67H,10-13,22-27,31-34H2,1-9H3,(H,60,69)(H,62,70)(H,63,71)(H,64,68)/t39-,46+,51-,54+/m0/s1. The van der Waals surface area contributed by atoms with Gasteiger partial charge in [0.1, 0.15) is 24.4 Å². The number of hydrogen-bond acceptors (Lipinski definition) is 12. The van der Waals surface area contributed by atoms with Gasteiger partial charge in [0.2, 0.25) is 17.7 Å². The third kappa shape index (κ3) is 14.5. The number of ether oxygens (including phenoxy) is 3. The predicted molar refractivity (Wildman–Crippen MR) is 298 cm³/mol. The molecule has 0 bridgehead atoms. The number of aryl methyl sites for hydroxylation is 3. The van der Waals surface area contributed by atoms with Gasteiger partial charge in [-0.15, -0.1) is 11.3 Å². The summed E-state index contributed by atoms with van der Waals surface area (Å²) in [6, 6.07) is 19.9. The maximum Gasteiger partial charge on any atom is 0.253 e. The molecule has 2 fully saturated rings. The quantitative estimate of drug-likeness (QED) is 0.0418. The van der Waals surface area contributed by atoms with Crippen molar-refractivity contribution in [2.24, 2.45) is 5.41 Å². The van der Waals surface area contributed by atoms with Crippen molar-refractivity contribution in [2.45, 2.75) is 138 Å². The average Bonchev–Trinajstić information content (AvgIpc) is 4.02. The number of nitrogens with one attached hydrogen (secondary N) is 4. The molecule has 17 heteroatoms. The van der Waals surface area contributed by atoms with E-state index in [1.54, 1.807) is 11.3 Å². The molecule has 0 aliphatic carbocycles. The number of anilines is 1. The van der Waals surface area contributed by atoms with E-state index in [1.165, 1.54) is 4.90 Å². The molecule has 0 radical (unpaired) electrons. The third-order valence-corrected chi connectivity index (χ3v) is 15.5. The number of benzene rings is 3. The Hall–Kier alpha value is -6.40. The zero-order chi connectivity index (χ0) is 54.7. The summed E-state index contributed by atoms with van der Waals surface area (Å²) in [7, 11) is 0. The molecule has 0 saturated carbocycles. The Kier molecular flexibility index (Phi) is 19.7. The second kappa shape index (κ2) is 26.1. The number of H-pyrrole nitrogens is 1. The number of aliphatic hydroxyl groups excluding tert-OH is 1. The fourth-order valence-corrected chi connectivity index (χ4v) is 11.0. The Bertz CT molecular complexity index is 2850. The summed E-state index contributed by atoms with van der Waals surface area (Å²) in [4.78, 5) is 79.9. The SMILES string of the molecule is CCN(c1cc(-c2ccc(OCCCCCOCC(=O)N[C@H](C(=O)N3C[C@H](O)C[C@H]3C(=O)N[C@@H](C)c3ccc(-c4scnc4C)cc3)C(C)(C)C)cc2)cc(C(=O)NCc2c(C)cc(C)[nH]c2=O)c1C)C1CCOCC1. The number of nitrogens with zero attached hydrogens (tertiary/aromatic N) is 3. The number of amides is 4. The molecule has 2 aliphatic rings. The monoisotopic (exact) mass is 1060 g/mol. The van der Waals surface area contributed by atoms with Gasteiger partial charge in [0, 0.05) is 74.4 Å². The number of likely N-dealkylation sites (tertiary alicyclic amines) is 1. The molecule has 4 atom stereocenters. The van der Waals surface area contributed by atoms with E-state index in [4.69, 9.17) is 14.2 Å². The lowest BCUT2D eigenvalue weighted by Gasteiger charge is -2.37. The molecule has 2 aromatic heterocycles. The number of aromatic amines is 1. The minimum absolute atomic E-state index is 0.0180. The van der Waals surface area contributed by atoms with Gasteiger partial charge < -0.3 is 50.1 Å². The lowest BCUT2D eigenvalue weighted by atomic mass is 9.85. The topological polar surface area (TPSA) is 205 Å². The number of thiazole rings is 1. The van der Waals surface area contributed by atoms with E-state index < -0.39 is 35.4 Å². The number of rotatable bonds is 22. The second-order valence-electron chi connectivity index (χ2n) is 21.3. The van der Waals surface area contributed by atoms with Crippen LogP contribution in [0.25, 0.3) is 21.6 Å². The molecular formula is C59H77N7O9S. The van der Waals surface area contributed by atoms with Crippen LogP contribution in [-0.2, 0) is 30.4 Å². The van der Waals surface area contributed by atoms with Crippen molar-refractivity contribution in [2.75, 3.05) is 51.0 Å². The molecule has 0 unspecified atom stereocenters. The molecule has 0 spiro atoms. The molecule has 5 N–H and O–H groups in total. The van der Waals surface area contributed by atoms with E-state index >= 15 is 0 Å². The fraction of sp³-hybridized carbons (Fsp3) is 0.492. The Morgan fingerprint density at radius 3 is 2.28 bits per heavy atom. The van der Waals surface area contributed by atoms with Crippen molar-refractivity contribution in [1.82, 2.24) is 30.8 Å². The molecule has 16 nitrogen and oxygen atoms in total. The maximum absolute atomic E-state index is 14.1. The van der Waals surface area contributed by atoms with E-state index in [-0.39, 0.29) is 55.6 Å². The van der Waals surface area contributed by atoms with Gasteiger partial charge in [-0.25, -0.2) is 4.98 Å². The molecule has 408 valence electrons. The van der Waals surface area contributed by atoms with Crippen LogP contribution in [0.1, 0.15) is 123 Å². The number of carbonyl (C=O) groups excluding carboxylic acids is 4. The van der Waals surface area contributed by atoms with Crippen LogP contribution in [0.5, 0.6) is 5.75 Å². The van der Waals surface area contributed by atoms with Crippen molar-refractivity contribution < 1.29 is 38.5 Å². The van der Waals surface area contributed by atoms with Gasteiger partial charge in [-0.05, 0) is 143 Å². The van der Waals surface area contributed by atoms with E-state index in [9.17, 15) is 29.1 Å². The maximum atomic E-state index is 14.1. The summed E-state index contributed by atoms with van der Waals surface area (Å²) in [5.74, 6) is -0.776. The Morgan fingerprint density at radius 1 is 0.921 bits per heavy atom. The van der Waals surface area contributed by atoms with Gasteiger partial charge in [-0.1, -0.05) is 57.2 Å². The Morgan fingerprint density at radius 2 is 1.62 bits per heavy atom.